The highest BCUT2D eigenvalue weighted by Gasteiger charge is 2.29. The van der Waals surface area contributed by atoms with Crippen molar-refractivity contribution in [1.29, 1.82) is 0 Å². The van der Waals surface area contributed by atoms with Crippen molar-refractivity contribution in [1.82, 2.24) is 20.4 Å². The van der Waals surface area contributed by atoms with Crippen molar-refractivity contribution in [3.05, 3.63) is 35.9 Å². The zero-order valence-corrected chi connectivity index (χ0v) is 15.3. The van der Waals surface area contributed by atoms with Gasteiger partial charge >= 0.3 is 0 Å². The maximum absolute atomic E-state index is 12.4. The van der Waals surface area contributed by atoms with Crippen LogP contribution in [0.1, 0.15) is 18.4 Å². The Morgan fingerprint density at radius 3 is 2.48 bits per heavy atom. The first-order valence-corrected chi connectivity index (χ1v) is 8.77. The van der Waals surface area contributed by atoms with Gasteiger partial charge in [0.25, 0.3) is 0 Å². The maximum Gasteiger partial charge on any atom is 0.239 e. The van der Waals surface area contributed by atoms with Crippen molar-refractivity contribution in [3.8, 4) is 0 Å². The molecular weight excluding hydrogens is 340 g/mol. The summed E-state index contributed by atoms with van der Waals surface area (Å²) in [6.07, 6.45) is 2.03. The van der Waals surface area contributed by atoms with Gasteiger partial charge in [0.15, 0.2) is 0 Å². The van der Waals surface area contributed by atoms with Gasteiger partial charge in [-0.05, 0) is 24.9 Å². The fourth-order valence-corrected chi connectivity index (χ4v) is 3.30. The third kappa shape index (κ3) is 5.70. The molecule has 0 saturated carbocycles. The van der Waals surface area contributed by atoms with Gasteiger partial charge in [0.05, 0.1) is 12.6 Å². The molecule has 3 rings (SSSR count). The molecule has 0 bridgehead atoms. The van der Waals surface area contributed by atoms with Crippen LogP contribution in [0.2, 0.25) is 0 Å². The van der Waals surface area contributed by atoms with E-state index in [0.717, 1.165) is 38.0 Å². The lowest BCUT2D eigenvalue weighted by Gasteiger charge is -2.35. The Labute approximate surface area is 155 Å². The summed E-state index contributed by atoms with van der Waals surface area (Å²) >= 11 is 0. The molecule has 2 fully saturated rings. The molecule has 6 nitrogen and oxygen atoms in total. The summed E-state index contributed by atoms with van der Waals surface area (Å²) in [6.45, 7) is 4.85. The summed E-state index contributed by atoms with van der Waals surface area (Å²) in [5.41, 5.74) is 1.10. The zero-order chi connectivity index (χ0) is 16.8. The minimum absolute atomic E-state index is 0. The molecule has 2 aliphatic heterocycles. The number of hydrogen-bond donors (Lipinski definition) is 2. The highest BCUT2D eigenvalue weighted by molar-refractivity contribution is 5.85. The average Bonchev–Trinajstić information content (AvgIpc) is 3.16. The predicted molar refractivity (Wildman–Crippen MR) is 99.6 cm³/mol. The number of amides is 2. The van der Waals surface area contributed by atoms with Crippen LogP contribution in [0.15, 0.2) is 30.3 Å². The van der Waals surface area contributed by atoms with E-state index in [1.165, 1.54) is 0 Å². The summed E-state index contributed by atoms with van der Waals surface area (Å²) in [4.78, 5) is 28.5. The molecule has 2 heterocycles. The standard InChI is InChI=1S/C18H26N4O2.ClH/c23-17(20-13-15-5-2-1-3-6-15)14-21-9-11-22(12-10-21)18(24)16-7-4-8-19-16;/h1-3,5-6,16,19H,4,7-14H2,(H,20,23);1H. The SMILES string of the molecule is Cl.O=C(CN1CCN(C(=O)C2CCCN2)CC1)NCc1ccccc1. The Morgan fingerprint density at radius 2 is 1.84 bits per heavy atom. The minimum Gasteiger partial charge on any atom is -0.351 e. The molecule has 2 N–H and O–H groups in total. The van der Waals surface area contributed by atoms with Crippen molar-refractivity contribution in [3.63, 3.8) is 0 Å². The Bertz CT molecular complexity index is 555. The van der Waals surface area contributed by atoms with Gasteiger partial charge in [-0.1, -0.05) is 30.3 Å². The van der Waals surface area contributed by atoms with E-state index in [4.69, 9.17) is 0 Å². The van der Waals surface area contributed by atoms with E-state index in [1.807, 2.05) is 35.2 Å². The Balaban J connectivity index is 0.00000225. The van der Waals surface area contributed by atoms with Crippen molar-refractivity contribution in [2.75, 3.05) is 39.3 Å². The van der Waals surface area contributed by atoms with Crippen molar-refractivity contribution >= 4 is 24.2 Å². The maximum atomic E-state index is 12.4. The van der Waals surface area contributed by atoms with Gasteiger partial charge in [0.1, 0.15) is 0 Å². The van der Waals surface area contributed by atoms with Gasteiger partial charge in [0.2, 0.25) is 11.8 Å². The molecule has 138 valence electrons. The van der Waals surface area contributed by atoms with Crippen LogP contribution in [-0.4, -0.2) is 66.9 Å². The van der Waals surface area contributed by atoms with E-state index in [-0.39, 0.29) is 30.3 Å². The first-order chi connectivity index (χ1) is 11.7. The third-order valence-corrected chi connectivity index (χ3v) is 4.74. The number of hydrogen-bond acceptors (Lipinski definition) is 4. The molecule has 0 aromatic heterocycles. The molecule has 2 aliphatic rings. The molecule has 0 radical (unpaired) electrons. The second-order valence-corrected chi connectivity index (χ2v) is 6.51. The lowest BCUT2D eigenvalue weighted by Crippen LogP contribution is -2.54. The summed E-state index contributed by atoms with van der Waals surface area (Å²) < 4.78 is 0. The van der Waals surface area contributed by atoms with E-state index in [2.05, 4.69) is 15.5 Å². The van der Waals surface area contributed by atoms with Crippen molar-refractivity contribution in [2.24, 2.45) is 0 Å². The van der Waals surface area contributed by atoms with E-state index < -0.39 is 0 Å². The van der Waals surface area contributed by atoms with E-state index in [0.29, 0.717) is 26.2 Å². The first kappa shape index (κ1) is 19.7. The molecule has 0 spiro atoms. The average molecular weight is 367 g/mol. The quantitative estimate of drug-likeness (QED) is 0.802. The van der Waals surface area contributed by atoms with E-state index >= 15 is 0 Å². The second kappa shape index (κ2) is 9.75. The second-order valence-electron chi connectivity index (χ2n) is 6.51. The van der Waals surface area contributed by atoms with Crippen LogP contribution in [0, 0.1) is 0 Å². The monoisotopic (exact) mass is 366 g/mol. The first-order valence-electron chi connectivity index (χ1n) is 8.77. The van der Waals surface area contributed by atoms with Crippen molar-refractivity contribution < 1.29 is 9.59 Å². The topological polar surface area (TPSA) is 64.7 Å². The molecule has 25 heavy (non-hydrogen) atoms. The highest BCUT2D eigenvalue weighted by Crippen LogP contribution is 2.11. The number of carbonyl (C=O) groups is 2. The van der Waals surface area contributed by atoms with Crippen LogP contribution in [0.4, 0.5) is 0 Å². The Kier molecular flexibility index (Phi) is 7.68. The van der Waals surface area contributed by atoms with Crippen LogP contribution in [-0.2, 0) is 16.1 Å². The van der Waals surface area contributed by atoms with Gasteiger partial charge in [-0.25, -0.2) is 0 Å². The summed E-state index contributed by atoms with van der Waals surface area (Å²) in [7, 11) is 0. The molecule has 1 atom stereocenters. The molecule has 1 aromatic carbocycles. The van der Waals surface area contributed by atoms with Gasteiger partial charge in [0, 0.05) is 32.7 Å². The van der Waals surface area contributed by atoms with Crippen molar-refractivity contribution in [2.45, 2.75) is 25.4 Å². The largest absolute Gasteiger partial charge is 0.351 e. The summed E-state index contributed by atoms with van der Waals surface area (Å²) in [5, 5.41) is 6.21. The van der Waals surface area contributed by atoms with Crippen LogP contribution in [0.25, 0.3) is 0 Å². The van der Waals surface area contributed by atoms with Crippen LogP contribution >= 0.6 is 12.4 Å². The van der Waals surface area contributed by atoms with Gasteiger partial charge in [-0.2, -0.15) is 0 Å². The van der Waals surface area contributed by atoms with Gasteiger partial charge < -0.3 is 15.5 Å². The highest BCUT2D eigenvalue weighted by atomic mass is 35.5. The molecule has 7 heteroatoms. The van der Waals surface area contributed by atoms with Crippen LogP contribution in [0.5, 0.6) is 0 Å². The number of rotatable bonds is 5. The molecule has 1 unspecified atom stereocenters. The van der Waals surface area contributed by atoms with Gasteiger partial charge in [-0.3, -0.25) is 14.5 Å². The predicted octanol–water partition coefficient (Wildman–Crippen LogP) is 0.621. The van der Waals surface area contributed by atoms with Crippen LogP contribution < -0.4 is 10.6 Å². The summed E-state index contributed by atoms with van der Waals surface area (Å²) in [6, 6.07) is 9.91. The number of nitrogens with zero attached hydrogens (tertiary/aromatic N) is 2. The Morgan fingerprint density at radius 1 is 1.12 bits per heavy atom. The molecular formula is C18H27ClN4O2. The number of benzene rings is 1. The summed E-state index contributed by atoms with van der Waals surface area (Å²) in [5.74, 6) is 0.261. The van der Waals surface area contributed by atoms with E-state index in [1.54, 1.807) is 0 Å². The fourth-order valence-electron chi connectivity index (χ4n) is 3.30. The lowest BCUT2D eigenvalue weighted by atomic mass is 10.2. The smallest absolute Gasteiger partial charge is 0.239 e. The third-order valence-electron chi connectivity index (χ3n) is 4.74. The fraction of sp³-hybridized carbons (Fsp3) is 0.556. The number of piperazine rings is 1. The van der Waals surface area contributed by atoms with Gasteiger partial charge in [-0.15, -0.1) is 12.4 Å². The molecule has 2 saturated heterocycles. The minimum atomic E-state index is 0. The molecule has 1 aromatic rings. The number of carbonyl (C=O) groups excluding carboxylic acids is 2. The number of halogens is 1. The molecule has 2 amide bonds. The lowest BCUT2D eigenvalue weighted by molar-refractivity contribution is -0.135. The molecule has 0 aliphatic carbocycles. The Hall–Kier alpha value is -1.63. The van der Waals surface area contributed by atoms with E-state index in [9.17, 15) is 9.59 Å². The van der Waals surface area contributed by atoms with Crippen LogP contribution in [0.3, 0.4) is 0 Å². The number of nitrogens with one attached hydrogen (secondary N) is 2. The zero-order valence-electron chi connectivity index (χ0n) is 14.4. The normalized spacial score (nSPS) is 20.8.